The topological polar surface area (TPSA) is 32.3 Å². The maximum Gasteiger partial charge on any atom is 0.253 e. The van der Waals surface area contributed by atoms with Crippen molar-refractivity contribution < 1.29 is 4.79 Å². The number of carbonyl (C=O) groups is 1. The fourth-order valence-electron chi connectivity index (χ4n) is 3.02. The Kier molecular flexibility index (Phi) is 5.40. The molecule has 3 heteroatoms. The number of nitrogens with zero attached hydrogens (tertiary/aromatic N) is 1. The third-order valence-corrected chi connectivity index (χ3v) is 4.60. The molecule has 1 fully saturated rings. The Balaban J connectivity index is 2.00. The van der Waals surface area contributed by atoms with Crippen molar-refractivity contribution >= 4 is 5.91 Å². The van der Waals surface area contributed by atoms with Crippen LogP contribution in [-0.2, 0) is 0 Å². The Labute approximate surface area is 128 Å². The van der Waals surface area contributed by atoms with Crippen LogP contribution in [-0.4, -0.2) is 36.5 Å². The van der Waals surface area contributed by atoms with Crippen molar-refractivity contribution in [2.45, 2.75) is 46.6 Å². The second kappa shape index (κ2) is 7.08. The van der Waals surface area contributed by atoms with Gasteiger partial charge in [0.05, 0.1) is 0 Å². The van der Waals surface area contributed by atoms with E-state index in [1.165, 1.54) is 11.1 Å². The van der Waals surface area contributed by atoms with E-state index in [-0.39, 0.29) is 5.91 Å². The lowest BCUT2D eigenvalue weighted by Crippen LogP contribution is -2.50. The Bertz CT molecular complexity index is 498. The quantitative estimate of drug-likeness (QED) is 0.923. The molecule has 2 unspecified atom stereocenters. The van der Waals surface area contributed by atoms with Crippen LogP contribution in [0.5, 0.6) is 0 Å². The summed E-state index contributed by atoms with van der Waals surface area (Å²) in [5.41, 5.74) is 3.25. The first-order valence-corrected chi connectivity index (χ1v) is 8.12. The number of carbonyl (C=O) groups excluding carboxylic acids is 1. The third kappa shape index (κ3) is 3.85. The lowest BCUT2D eigenvalue weighted by atomic mass is 9.93. The Morgan fingerprint density at radius 1 is 1.33 bits per heavy atom. The molecule has 116 valence electrons. The summed E-state index contributed by atoms with van der Waals surface area (Å²) in [6.45, 7) is 11.4. The van der Waals surface area contributed by atoms with Crippen molar-refractivity contribution in [1.29, 1.82) is 0 Å². The molecule has 21 heavy (non-hydrogen) atoms. The summed E-state index contributed by atoms with van der Waals surface area (Å²) in [6, 6.07) is 6.57. The molecule has 2 rings (SSSR count). The molecule has 0 bridgehead atoms. The highest BCUT2D eigenvalue weighted by Gasteiger charge is 2.28. The van der Waals surface area contributed by atoms with Crippen LogP contribution in [0.4, 0.5) is 0 Å². The fourth-order valence-corrected chi connectivity index (χ4v) is 3.02. The highest BCUT2D eigenvalue weighted by Crippen LogP contribution is 2.20. The van der Waals surface area contributed by atoms with E-state index in [1.807, 2.05) is 23.1 Å². The van der Waals surface area contributed by atoms with Crippen LogP contribution < -0.4 is 5.32 Å². The zero-order valence-electron chi connectivity index (χ0n) is 13.8. The van der Waals surface area contributed by atoms with E-state index in [0.29, 0.717) is 12.0 Å². The number of nitrogens with one attached hydrogen (secondary N) is 1. The third-order valence-electron chi connectivity index (χ3n) is 4.60. The van der Waals surface area contributed by atoms with Gasteiger partial charge in [0.2, 0.25) is 0 Å². The minimum atomic E-state index is 0.180. The van der Waals surface area contributed by atoms with E-state index >= 15 is 0 Å². The molecule has 1 aliphatic rings. The predicted molar refractivity (Wildman–Crippen MR) is 87.7 cm³/mol. The lowest BCUT2D eigenvalue weighted by molar-refractivity contribution is 0.0645. The summed E-state index contributed by atoms with van der Waals surface area (Å²) < 4.78 is 0. The fraction of sp³-hybridized carbons (Fsp3) is 0.611. The molecular formula is C18H28N2O. The van der Waals surface area contributed by atoms with E-state index in [2.05, 4.69) is 33.0 Å². The smallest absolute Gasteiger partial charge is 0.253 e. The van der Waals surface area contributed by atoms with Gasteiger partial charge in [0.1, 0.15) is 0 Å². The number of hydrogen-bond acceptors (Lipinski definition) is 2. The first-order chi connectivity index (χ1) is 10.0. The maximum atomic E-state index is 12.6. The van der Waals surface area contributed by atoms with Crippen LogP contribution in [0, 0.1) is 19.8 Å². The van der Waals surface area contributed by atoms with Crippen LogP contribution in [0.25, 0.3) is 0 Å². The summed E-state index contributed by atoms with van der Waals surface area (Å²) in [4.78, 5) is 14.6. The molecule has 1 heterocycles. The highest BCUT2D eigenvalue weighted by molar-refractivity contribution is 5.94. The van der Waals surface area contributed by atoms with Crippen molar-refractivity contribution in [3.63, 3.8) is 0 Å². The van der Waals surface area contributed by atoms with Crippen LogP contribution >= 0.6 is 0 Å². The zero-order chi connectivity index (χ0) is 15.4. The van der Waals surface area contributed by atoms with Crippen molar-refractivity contribution in [2.24, 2.45) is 5.92 Å². The second-order valence-electron chi connectivity index (χ2n) is 6.38. The number of aryl methyl sites for hydroxylation is 2. The summed E-state index contributed by atoms with van der Waals surface area (Å²) in [6.07, 6.45) is 2.21. The summed E-state index contributed by atoms with van der Waals surface area (Å²) in [5, 5.41) is 3.60. The molecule has 1 aliphatic heterocycles. The van der Waals surface area contributed by atoms with E-state index in [9.17, 15) is 4.79 Å². The van der Waals surface area contributed by atoms with Gasteiger partial charge in [0.15, 0.2) is 0 Å². The number of piperidine rings is 1. The molecular weight excluding hydrogens is 260 g/mol. The van der Waals surface area contributed by atoms with Gasteiger partial charge in [-0.05, 0) is 62.4 Å². The van der Waals surface area contributed by atoms with Crippen molar-refractivity contribution in [3.05, 3.63) is 34.9 Å². The first kappa shape index (κ1) is 16.0. The van der Waals surface area contributed by atoms with Crippen LogP contribution in [0.1, 0.15) is 48.2 Å². The lowest BCUT2D eigenvalue weighted by Gasteiger charge is -2.37. The molecule has 1 saturated heterocycles. The zero-order valence-corrected chi connectivity index (χ0v) is 13.8. The minimum Gasteiger partial charge on any atom is -0.338 e. The molecule has 1 aromatic rings. The van der Waals surface area contributed by atoms with Gasteiger partial charge in [0.25, 0.3) is 5.91 Å². The van der Waals surface area contributed by atoms with Gasteiger partial charge in [-0.1, -0.05) is 19.9 Å². The number of hydrogen-bond donors (Lipinski definition) is 1. The molecule has 1 aromatic carbocycles. The predicted octanol–water partition coefficient (Wildman–Crippen LogP) is 3.15. The van der Waals surface area contributed by atoms with Gasteiger partial charge in [-0.15, -0.1) is 0 Å². The van der Waals surface area contributed by atoms with Crippen molar-refractivity contribution in [1.82, 2.24) is 10.2 Å². The second-order valence-corrected chi connectivity index (χ2v) is 6.38. The van der Waals surface area contributed by atoms with Crippen LogP contribution in [0.3, 0.4) is 0 Å². The molecule has 0 aliphatic carbocycles. The van der Waals surface area contributed by atoms with Crippen molar-refractivity contribution in [2.75, 3.05) is 19.6 Å². The normalized spacial score (nSPS) is 22.4. The van der Waals surface area contributed by atoms with E-state index in [0.717, 1.165) is 38.0 Å². The summed E-state index contributed by atoms with van der Waals surface area (Å²) in [7, 11) is 0. The highest BCUT2D eigenvalue weighted by atomic mass is 16.2. The average molecular weight is 288 g/mol. The van der Waals surface area contributed by atoms with E-state index in [1.54, 1.807) is 0 Å². The van der Waals surface area contributed by atoms with Gasteiger partial charge in [0, 0.05) is 24.7 Å². The standard InChI is InChI=1S/C18H28N2O/c1-5-9-19-17-8-10-20(12-15(17)4)18(21)16-7-6-13(2)14(3)11-16/h6-7,11,15,17,19H,5,8-10,12H2,1-4H3. The van der Waals surface area contributed by atoms with E-state index in [4.69, 9.17) is 0 Å². The number of likely N-dealkylation sites (tertiary alicyclic amines) is 1. The van der Waals surface area contributed by atoms with Gasteiger partial charge in [-0.2, -0.15) is 0 Å². The molecule has 1 amide bonds. The van der Waals surface area contributed by atoms with Gasteiger partial charge < -0.3 is 10.2 Å². The summed E-state index contributed by atoms with van der Waals surface area (Å²) >= 11 is 0. The maximum absolute atomic E-state index is 12.6. The molecule has 1 N–H and O–H groups in total. The van der Waals surface area contributed by atoms with Crippen LogP contribution in [0.2, 0.25) is 0 Å². The molecule has 2 atom stereocenters. The molecule has 3 nitrogen and oxygen atoms in total. The average Bonchev–Trinajstić information content (AvgIpc) is 2.48. The number of rotatable bonds is 4. The Morgan fingerprint density at radius 2 is 2.10 bits per heavy atom. The largest absolute Gasteiger partial charge is 0.338 e. The number of benzene rings is 1. The van der Waals surface area contributed by atoms with Gasteiger partial charge in [-0.3, -0.25) is 4.79 Å². The van der Waals surface area contributed by atoms with Gasteiger partial charge in [-0.25, -0.2) is 0 Å². The SMILES string of the molecule is CCCNC1CCN(C(=O)c2ccc(C)c(C)c2)CC1C. The molecule has 0 saturated carbocycles. The summed E-state index contributed by atoms with van der Waals surface area (Å²) in [5.74, 6) is 0.694. The number of amides is 1. The Morgan fingerprint density at radius 3 is 2.71 bits per heavy atom. The first-order valence-electron chi connectivity index (χ1n) is 8.12. The molecule has 0 spiro atoms. The van der Waals surface area contributed by atoms with Crippen molar-refractivity contribution in [3.8, 4) is 0 Å². The molecule has 0 aromatic heterocycles. The molecule has 0 radical (unpaired) electrons. The van der Waals surface area contributed by atoms with E-state index < -0.39 is 0 Å². The Hall–Kier alpha value is -1.35. The van der Waals surface area contributed by atoms with Gasteiger partial charge >= 0.3 is 0 Å². The van der Waals surface area contributed by atoms with Crippen LogP contribution in [0.15, 0.2) is 18.2 Å². The monoisotopic (exact) mass is 288 g/mol. The minimum absolute atomic E-state index is 0.180.